The predicted octanol–water partition coefficient (Wildman–Crippen LogP) is 1.99. The van der Waals surface area contributed by atoms with E-state index in [0.717, 1.165) is 0 Å². The Balaban J connectivity index is 2.57. The number of nitrogens with one attached hydrogen (secondary N) is 1. The largest absolute Gasteiger partial charge is 0.493 e. The Hall–Kier alpha value is -2.12. The van der Waals surface area contributed by atoms with Crippen molar-refractivity contribution >= 4 is 26.8 Å². The first-order valence-corrected chi connectivity index (χ1v) is 8.25. The molecule has 0 spiro atoms. The minimum absolute atomic E-state index is 0.0275. The van der Waals surface area contributed by atoms with Gasteiger partial charge in [0, 0.05) is 10.8 Å². The molecule has 22 heavy (non-hydrogen) atoms. The van der Waals surface area contributed by atoms with Gasteiger partial charge in [0.2, 0.25) is 10.0 Å². The molecule has 0 aliphatic rings. The fraction of sp³-hybridized carbons (Fsp3) is 0.267. The van der Waals surface area contributed by atoms with Crippen molar-refractivity contribution in [3.05, 3.63) is 36.4 Å². The van der Waals surface area contributed by atoms with Crippen molar-refractivity contribution < 1.29 is 23.1 Å². The van der Waals surface area contributed by atoms with E-state index in [9.17, 15) is 13.2 Å². The van der Waals surface area contributed by atoms with Gasteiger partial charge >= 0.3 is 5.97 Å². The highest BCUT2D eigenvalue weighted by Crippen LogP contribution is 2.31. The highest BCUT2D eigenvalue weighted by molar-refractivity contribution is 7.89. The number of hydrogen-bond acceptors (Lipinski definition) is 4. The molecule has 0 fully saturated rings. The number of sulfonamides is 1. The average molecular weight is 323 g/mol. The lowest BCUT2D eigenvalue weighted by Gasteiger charge is -2.14. The standard InChI is InChI=1S/C15H17NO5S/c1-3-21-13-8-9-14(12-7-5-4-6-11(12)13)22(19,20)16-10(2)15(17)18/h4-10,16H,3H2,1-2H3,(H,17,18)/t10-/m0/s1. The highest BCUT2D eigenvalue weighted by atomic mass is 32.2. The molecule has 7 heteroatoms. The number of carboxylic acids is 1. The SMILES string of the molecule is CCOc1ccc(S(=O)(=O)N[C@@H](C)C(=O)O)c2ccccc12. The molecule has 0 bridgehead atoms. The molecule has 0 saturated heterocycles. The van der Waals surface area contributed by atoms with Gasteiger partial charge in [-0.3, -0.25) is 4.79 Å². The number of ether oxygens (including phenoxy) is 1. The summed E-state index contributed by atoms with van der Waals surface area (Å²) >= 11 is 0. The smallest absolute Gasteiger partial charge is 0.321 e. The maximum Gasteiger partial charge on any atom is 0.321 e. The first-order valence-electron chi connectivity index (χ1n) is 6.76. The van der Waals surface area contributed by atoms with Gasteiger partial charge in [0.25, 0.3) is 0 Å². The number of carbonyl (C=O) groups is 1. The van der Waals surface area contributed by atoms with Crippen LogP contribution in [0.5, 0.6) is 5.75 Å². The molecule has 2 N–H and O–H groups in total. The molecule has 2 aromatic carbocycles. The summed E-state index contributed by atoms with van der Waals surface area (Å²) in [4.78, 5) is 10.9. The molecule has 6 nitrogen and oxygen atoms in total. The van der Waals surface area contributed by atoms with Crippen LogP contribution in [0.3, 0.4) is 0 Å². The summed E-state index contributed by atoms with van der Waals surface area (Å²) in [6.45, 7) is 3.58. The molecule has 2 rings (SSSR count). The molecule has 0 unspecified atom stereocenters. The summed E-state index contributed by atoms with van der Waals surface area (Å²) in [7, 11) is -3.95. The summed E-state index contributed by atoms with van der Waals surface area (Å²) in [6.07, 6.45) is 0. The Labute approximate surface area is 128 Å². The van der Waals surface area contributed by atoms with Crippen LogP contribution < -0.4 is 9.46 Å². The Morgan fingerprint density at radius 1 is 1.23 bits per heavy atom. The van der Waals surface area contributed by atoms with Crippen molar-refractivity contribution in [1.82, 2.24) is 4.72 Å². The number of fused-ring (bicyclic) bond motifs is 1. The second-order valence-corrected chi connectivity index (χ2v) is 6.40. The van der Waals surface area contributed by atoms with E-state index >= 15 is 0 Å². The van der Waals surface area contributed by atoms with Gasteiger partial charge in [-0.2, -0.15) is 4.72 Å². The van der Waals surface area contributed by atoms with Gasteiger partial charge in [-0.25, -0.2) is 8.42 Å². The maximum absolute atomic E-state index is 12.4. The molecular formula is C15H17NO5S. The molecular weight excluding hydrogens is 306 g/mol. The average Bonchev–Trinajstić information content (AvgIpc) is 2.47. The van der Waals surface area contributed by atoms with Crippen LogP contribution in [-0.2, 0) is 14.8 Å². The molecule has 0 amide bonds. The van der Waals surface area contributed by atoms with E-state index in [1.54, 1.807) is 30.3 Å². The van der Waals surface area contributed by atoms with E-state index < -0.39 is 22.0 Å². The predicted molar refractivity (Wildman–Crippen MR) is 82.5 cm³/mol. The van der Waals surface area contributed by atoms with E-state index in [-0.39, 0.29) is 4.90 Å². The van der Waals surface area contributed by atoms with E-state index in [2.05, 4.69) is 4.72 Å². The second kappa shape index (κ2) is 6.33. The van der Waals surface area contributed by atoms with Gasteiger partial charge in [-0.15, -0.1) is 0 Å². The third-order valence-corrected chi connectivity index (χ3v) is 4.73. The molecule has 0 heterocycles. The minimum Gasteiger partial charge on any atom is -0.493 e. The molecule has 0 aliphatic heterocycles. The van der Waals surface area contributed by atoms with Crippen molar-refractivity contribution in [3.63, 3.8) is 0 Å². The number of hydrogen-bond donors (Lipinski definition) is 2. The summed E-state index contributed by atoms with van der Waals surface area (Å²) < 4.78 is 32.5. The highest BCUT2D eigenvalue weighted by Gasteiger charge is 2.24. The molecule has 2 aromatic rings. The third-order valence-electron chi connectivity index (χ3n) is 3.14. The van der Waals surface area contributed by atoms with Crippen molar-refractivity contribution in [3.8, 4) is 5.75 Å². The quantitative estimate of drug-likeness (QED) is 0.848. The van der Waals surface area contributed by atoms with Gasteiger partial charge in [0.15, 0.2) is 0 Å². The first-order chi connectivity index (χ1) is 10.4. The normalized spacial score (nSPS) is 13.0. The van der Waals surface area contributed by atoms with E-state index in [4.69, 9.17) is 9.84 Å². The van der Waals surface area contributed by atoms with Gasteiger partial charge in [-0.1, -0.05) is 24.3 Å². The van der Waals surface area contributed by atoms with Crippen LogP contribution in [-0.4, -0.2) is 32.1 Å². The fourth-order valence-corrected chi connectivity index (χ4v) is 3.51. The molecule has 0 saturated carbocycles. The van der Waals surface area contributed by atoms with E-state index in [0.29, 0.717) is 23.1 Å². The zero-order chi connectivity index (χ0) is 16.3. The first kappa shape index (κ1) is 16.3. The Morgan fingerprint density at radius 3 is 2.45 bits per heavy atom. The Kier molecular flexibility index (Phi) is 4.68. The van der Waals surface area contributed by atoms with Gasteiger partial charge in [0.1, 0.15) is 11.8 Å². The molecule has 1 atom stereocenters. The lowest BCUT2D eigenvalue weighted by Crippen LogP contribution is -2.38. The van der Waals surface area contributed by atoms with E-state index in [1.807, 2.05) is 6.92 Å². The van der Waals surface area contributed by atoms with Crippen LogP contribution >= 0.6 is 0 Å². The van der Waals surface area contributed by atoms with Gasteiger partial charge in [0.05, 0.1) is 11.5 Å². The van der Waals surface area contributed by atoms with Crippen LogP contribution in [0.4, 0.5) is 0 Å². The van der Waals surface area contributed by atoms with Crippen molar-refractivity contribution in [1.29, 1.82) is 0 Å². The zero-order valence-corrected chi connectivity index (χ0v) is 13.1. The van der Waals surface area contributed by atoms with Gasteiger partial charge < -0.3 is 9.84 Å². The topological polar surface area (TPSA) is 92.7 Å². The van der Waals surface area contributed by atoms with E-state index in [1.165, 1.54) is 13.0 Å². The lowest BCUT2D eigenvalue weighted by molar-refractivity contribution is -0.138. The zero-order valence-electron chi connectivity index (χ0n) is 12.2. The summed E-state index contributed by atoms with van der Waals surface area (Å²) in [5.41, 5.74) is 0. The van der Waals surface area contributed by atoms with Crippen LogP contribution in [0.1, 0.15) is 13.8 Å². The van der Waals surface area contributed by atoms with Crippen molar-refractivity contribution in [2.24, 2.45) is 0 Å². The Morgan fingerprint density at radius 2 is 1.86 bits per heavy atom. The van der Waals surface area contributed by atoms with Crippen LogP contribution in [0.15, 0.2) is 41.3 Å². The third kappa shape index (κ3) is 3.20. The van der Waals surface area contributed by atoms with Crippen molar-refractivity contribution in [2.75, 3.05) is 6.61 Å². The van der Waals surface area contributed by atoms with Gasteiger partial charge in [-0.05, 0) is 26.0 Å². The van der Waals surface area contributed by atoms with Crippen LogP contribution in [0, 0.1) is 0 Å². The molecule has 0 aromatic heterocycles. The van der Waals surface area contributed by atoms with Crippen molar-refractivity contribution in [2.45, 2.75) is 24.8 Å². The number of carboxylic acid groups (broad SMARTS) is 1. The number of aliphatic carboxylic acids is 1. The monoisotopic (exact) mass is 323 g/mol. The summed E-state index contributed by atoms with van der Waals surface area (Å²) in [6, 6.07) is 8.72. The fourth-order valence-electron chi connectivity index (χ4n) is 2.11. The minimum atomic E-state index is -3.95. The molecule has 0 aliphatic carbocycles. The molecule has 0 radical (unpaired) electrons. The number of benzene rings is 2. The second-order valence-electron chi connectivity index (χ2n) is 4.72. The summed E-state index contributed by atoms with van der Waals surface area (Å²) in [5, 5.41) is 10.0. The van der Waals surface area contributed by atoms with Crippen LogP contribution in [0.2, 0.25) is 0 Å². The summed E-state index contributed by atoms with van der Waals surface area (Å²) in [5.74, 6) is -0.651. The number of rotatable bonds is 6. The maximum atomic E-state index is 12.4. The lowest BCUT2D eigenvalue weighted by atomic mass is 10.1. The Bertz CT molecular complexity index is 801. The molecule has 118 valence electrons. The van der Waals surface area contributed by atoms with Crippen LogP contribution in [0.25, 0.3) is 10.8 Å².